The van der Waals surface area contributed by atoms with Gasteiger partial charge in [0.2, 0.25) is 6.10 Å². The molecule has 33 heavy (non-hydrogen) atoms. The molecule has 4 aliphatic rings. The van der Waals surface area contributed by atoms with Crippen LogP contribution in [-0.4, -0.2) is 36.1 Å². The molecule has 0 aliphatic heterocycles. The quantitative estimate of drug-likeness (QED) is 0.525. The topological polar surface area (TPSA) is 69.7 Å². The summed E-state index contributed by atoms with van der Waals surface area (Å²) in [6.45, 7) is 6.66. The summed E-state index contributed by atoms with van der Waals surface area (Å²) < 4.78 is 51.8. The monoisotopic (exact) mass is 472 g/mol. The van der Waals surface area contributed by atoms with E-state index in [4.69, 9.17) is 4.74 Å². The maximum Gasteiger partial charge on any atom is 0.426 e. The van der Waals surface area contributed by atoms with Crippen LogP contribution < -0.4 is 0 Å². The molecule has 0 N–H and O–H groups in total. The summed E-state index contributed by atoms with van der Waals surface area (Å²) in [5.41, 5.74) is -0.516. The van der Waals surface area contributed by atoms with Gasteiger partial charge in [-0.1, -0.05) is 13.8 Å². The number of ketones is 1. The van der Waals surface area contributed by atoms with Crippen molar-refractivity contribution < 1.29 is 37.0 Å². The first-order valence-corrected chi connectivity index (χ1v) is 12.2. The van der Waals surface area contributed by atoms with Crippen LogP contribution in [0.4, 0.5) is 13.2 Å². The van der Waals surface area contributed by atoms with Crippen molar-refractivity contribution >= 4 is 17.7 Å². The Kier molecular flexibility index (Phi) is 6.14. The van der Waals surface area contributed by atoms with Crippen LogP contribution in [0.15, 0.2) is 0 Å². The lowest BCUT2D eigenvalue weighted by molar-refractivity contribution is -0.240. The molecule has 9 atom stereocenters. The zero-order valence-electron chi connectivity index (χ0n) is 19.9. The van der Waals surface area contributed by atoms with Crippen molar-refractivity contribution in [3.63, 3.8) is 0 Å². The molecule has 4 rings (SSSR count). The highest BCUT2D eigenvalue weighted by atomic mass is 19.4. The maximum absolute atomic E-state index is 13.8. The summed E-state index contributed by atoms with van der Waals surface area (Å²) in [4.78, 5) is 35.9. The van der Waals surface area contributed by atoms with Gasteiger partial charge in [0.1, 0.15) is 11.9 Å². The van der Waals surface area contributed by atoms with Crippen LogP contribution in [0.3, 0.4) is 0 Å². The highest BCUT2D eigenvalue weighted by Crippen LogP contribution is 2.67. The molecule has 0 spiro atoms. The Hall–Kier alpha value is -1.60. The number of hydrogen-bond acceptors (Lipinski definition) is 5. The fourth-order valence-electron chi connectivity index (χ4n) is 8.35. The number of Topliss-reactive ketones (excluding diaryl/α,β-unsaturated/α-hetero) is 1. The van der Waals surface area contributed by atoms with Crippen LogP contribution in [0.5, 0.6) is 0 Å². The van der Waals surface area contributed by atoms with Crippen molar-refractivity contribution in [3.8, 4) is 0 Å². The van der Waals surface area contributed by atoms with Gasteiger partial charge in [-0.2, -0.15) is 13.2 Å². The molecule has 186 valence electrons. The van der Waals surface area contributed by atoms with Crippen LogP contribution in [0.1, 0.15) is 79.1 Å². The first-order valence-electron chi connectivity index (χ1n) is 12.2. The van der Waals surface area contributed by atoms with Crippen molar-refractivity contribution in [2.24, 2.45) is 40.4 Å². The van der Waals surface area contributed by atoms with Gasteiger partial charge >= 0.3 is 18.1 Å². The predicted molar refractivity (Wildman–Crippen MR) is 113 cm³/mol. The zero-order valence-corrected chi connectivity index (χ0v) is 19.9. The minimum Gasteiger partial charge on any atom is -0.462 e. The zero-order chi connectivity index (χ0) is 24.3. The van der Waals surface area contributed by atoms with E-state index in [0.29, 0.717) is 11.8 Å². The summed E-state index contributed by atoms with van der Waals surface area (Å²) in [5.74, 6) is -2.09. The molecule has 5 nitrogen and oxygen atoms in total. The molecule has 0 amide bonds. The molecule has 0 radical (unpaired) electrons. The number of alkyl halides is 3. The van der Waals surface area contributed by atoms with Crippen LogP contribution in [-0.2, 0) is 23.9 Å². The molecule has 0 aromatic rings. The molecule has 4 fully saturated rings. The highest BCUT2D eigenvalue weighted by molar-refractivity contribution is 5.83. The molecule has 4 saturated carbocycles. The fourth-order valence-corrected chi connectivity index (χ4v) is 8.35. The molecular formula is C25H35F3O5. The molecule has 0 saturated heterocycles. The van der Waals surface area contributed by atoms with Gasteiger partial charge in [-0.05, 0) is 74.0 Å². The van der Waals surface area contributed by atoms with Gasteiger partial charge in [0.15, 0.2) is 0 Å². The van der Waals surface area contributed by atoms with Crippen LogP contribution >= 0.6 is 0 Å². The fraction of sp³-hybridized carbons (Fsp3) is 0.880. The molecule has 0 bridgehead atoms. The number of fused-ring (bicyclic) bond motifs is 5. The van der Waals surface area contributed by atoms with E-state index in [0.717, 1.165) is 45.4 Å². The minimum absolute atomic E-state index is 0.0590. The molecule has 0 aromatic carbocycles. The van der Waals surface area contributed by atoms with Crippen LogP contribution in [0.25, 0.3) is 0 Å². The average Bonchev–Trinajstić information content (AvgIpc) is 3.01. The Bertz CT molecular complexity index is 825. The molecule has 9 unspecified atom stereocenters. The van der Waals surface area contributed by atoms with Gasteiger partial charge < -0.3 is 9.47 Å². The molecule has 0 heterocycles. The summed E-state index contributed by atoms with van der Waals surface area (Å²) in [6.07, 6.45) is -1.75. The standard InChI is InChI=1S/C25H35F3O5/c1-13(29)32-21-8-7-18-16-6-5-15-11-20(31)17(22(25(26,27)28)33-14(2)30)12-24(15,4)19(16)9-10-23(18,21)3/h15-19,21-22H,5-12H2,1-4H3. The van der Waals surface area contributed by atoms with Gasteiger partial charge in [0.05, 0.1) is 5.92 Å². The van der Waals surface area contributed by atoms with Crippen molar-refractivity contribution in [2.75, 3.05) is 0 Å². The van der Waals surface area contributed by atoms with Gasteiger partial charge in [0, 0.05) is 25.7 Å². The smallest absolute Gasteiger partial charge is 0.426 e. The normalized spacial score (nSPS) is 43.7. The number of carbonyl (C=O) groups excluding carboxylic acids is 3. The highest BCUT2D eigenvalue weighted by Gasteiger charge is 2.64. The Balaban J connectivity index is 1.61. The van der Waals surface area contributed by atoms with Crippen molar-refractivity contribution in [1.29, 1.82) is 0 Å². The van der Waals surface area contributed by atoms with Gasteiger partial charge in [-0.15, -0.1) is 0 Å². The Morgan fingerprint density at radius 1 is 0.970 bits per heavy atom. The van der Waals surface area contributed by atoms with Gasteiger partial charge in [-0.3, -0.25) is 14.4 Å². The van der Waals surface area contributed by atoms with E-state index in [9.17, 15) is 27.6 Å². The van der Waals surface area contributed by atoms with E-state index < -0.39 is 35.4 Å². The maximum atomic E-state index is 13.8. The summed E-state index contributed by atoms with van der Waals surface area (Å²) in [7, 11) is 0. The van der Waals surface area contributed by atoms with Gasteiger partial charge in [0.25, 0.3) is 0 Å². The third-order valence-corrected chi connectivity index (χ3v) is 9.79. The average molecular weight is 473 g/mol. The number of carbonyl (C=O) groups is 3. The van der Waals surface area contributed by atoms with E-state index in [2.05, 4.69) is 18.6 Å². The van der Waals surface area contributed by atoms with E-state index in [1.165, 1.54) is 6.92 Å². The number of ether oxygens (including phenoxy) is 2. The number of halogens is 3. The second-order valence-electron chi connectivity index (χ2n) is 11.4. The molecule has 8 heteroatoms. The summed E-state index contributed by atoms with van der Waals surface area (Å²) in [6, 6.07) is 0. The lowest BCUT2D eigenvalue weighted by atomic mass is 9.44. The Morgan fingerprint density at radius 3 is 2.24 bits per heavy atom. The first-order chi connectivity index (χ1) is 15.3. The number of rotatable bonds is 3. The van der Waals surface area contributed by atoms with E-state index in [1.807, 2.05) is 0 Å². The summed E-state index contributed by atoms with van der Waals surface area (Å²) in [5, 5.41) is 0. The lowest BCUT2D eigenvalue weighted by Gasteiger charge is -2.61. The summed E-state index contributed by atoms with van der Waals surface area (Å²) >= 11 is 0. The molecule has 0 aromatic heterocycles. The third-order valence-electron chi connectivity index (χ3n) is 9.79. The predicted octanol–water partition coefficient (Wildman–Crippen LogP) is 5.25. The molecular weight excluding hydrogens is 437 g/mol. The second kappa shape index (κ2) is 8.26. The van der Waals surface area contributed by atoms with Crippen molar-refractivity contribution in [2.45, 2.75) is 97.4 Å². The lowest BCUT2D eigenvalue weighted by Crippen LogP contribution is -2.58. The second-order valence-corrected chi connectivity index (χ2v) is 11.4. The van der Waals surface area contributed by atoms with E-state index in [-0.39, 0.29) is 42.2 Å². The molecule has 4 aliphatic carbocycles. The largest absolute Gasteiger partial charge is 0.462 e. The van der Waals surface area contributed by atoms with Crippen LogP contribution in [0, 0.1) is 40.4 Å². The third kappa shape index (κ3) is 4.09. The van der Waals surface area contributed by atoms with Gasteiger partial charge in [-0.25, -0.2) is 0 Å². The Labute approximate surface area is 193 Å². The number of hydrogen-bond donors (Lipinski definition) is 0. The minimum atomic E-state index is -4.78. The van der Waals surface area contributed by atoms with Crippen LogP contribution in [0.2, 0.25) is 0 Å². The Morgan fingerprint density at radius 2 is 1.64 bits per heavy atom. The van der Waals surface area contributed by atoms with E-state index in [1.54, 1.807) is 0 Å². The SMILES string of the molecule is CC(=O)OC(C1CC2(C)C(CCC3C2CCC2(C)C(OC(C)=O)CCC32)CC1=O)C(F)(F)F. The first kappa shape index (κ1) is 24.5. The van der Waals surface area contributed by atoms with E-state index >= 15 is 0 Å². The number of esters is 2. The van der Waals surface area contributed by atoms with Crippen molar-refractivity contribution in [1.82, 2.24) is 0 Å². The van der Waals surface area contributed by atoms with Crippen molar-refractivity contribution in [3.05, 3.63) is 0 Å².